The summed E-state index contributed by atoms with van der Waals surface area (Å²) in [6, 6.07) is 14.8. The number of aromatic nitrogens is 2. The number of nitrogens with one attached hydrogen (secondary N) is 1. The fourth-order valence-corrected chi connectivity index (χ4v) is 6.03. The molecule has 0 radical (unpaired) electrons. The highest BCUT2D eigenvalue weighted by molar-refractivity contribution is 7.84. The zero-order valence-corrected chi connectivity index (χ0v) is 22.2. The normalized spacial score (nSPS) is 21.0. The highest BCUT2D eigenvalue weighted by Gasteiger charge is 2.43. The molecule has 1 aliphatic heterocycles. The van der Waals surface area contributed by atoms with E-state index >= 15 is 0 Å². The van der Waals surface area contributed by atoms with Gasteiger partial charge in [0.25, 0.3) is 0 Å². The highest BCUT2D eigenvalue weighted by Crippen LogP contribution is 2.44. The van der Waals surface area contributed by atoms with Gasteiger partial charge in [-0.1, -0.05) is 24.3 Å². The van der Waals surface area contributed by atoms with Gasteiger partial charge < -0.3 is 4.74 Å². The van der Waals surface area contributed by atoms with Crippen LogP contribution in [0.1, 0.15) is 69.0 Å². The second-order valence-electron chi connectivity index (χ2n) is 10.8. The Bertz CT molecular complexity index is 1310. The molecule has 36 heavy (non-hydrogen) atoms. The first-order valence-corrected chi connectivity index (χ1v) is 13.7. The van der Waals surface area contributed by atoms with Crippen molar-refractivity contribution in [3.8, 4) is 5.69 Å². The van der Waals surface area contributed by atoms with Crippen molar-refractivity contribution >= 4 is 17.1 Å². The summed E-state index contributed by atoms with van der Waals surface area (Å²) >= 11 is 0. The summed E-state index contributed by atoms with van der Waals surface area (Å²) in [5.74, 6) is -0.254. The molecule has 3 aromatic rings. The fraction of sp³-hybridized carbons (Fsp3) is 0.414. The molecule has 5 nitrogen and oxygen atoms in total. The zero-order valence-electron chi connectivity index (χ0n) is 21.4. The van der Waals surface area contributed by atoms with Crippen molar-refractivity contribution in [1.82, 2.24) is 14.5 Å². The molecule has 7 heteroatoms. The molecule has 0 bridgehead atoms. The van der Waals surface area contributed by atoms with Gasteiger partial charge in [-0.05, 0) is 94.0 Å². The van der Waals surface area contributed by atoms with Gasteiger partial charge in [-0.15, -0.1) is 0 Å². The van der Waals surface area contributed by atoms with Crippen LogP contribution < -0.4 is 4.72 Å². The van der Waals surface area contributed by atoms with Gasteiger partial charge in [0.2, 0.25) is 0 Å². The monoisotopic (exact) mass is 507 g/mol. The van der Waals surface area contributed by atoms with E-state index in [2.05, 4.69) is 41.0 Å². The summed E-state index contributed by atoms with van der Waals surface area (Å²) in [4.78, 5) is 0. The quantitative estimate of drug-likeness (QED) is 0.436. The van der Waals surface area contributed by atoms with Crippen LogP contribution >= 0.6 is 0 Å². The van der Waals surface area contributed by atoms with Crippen LogP contribution in [0, 0.1) is 5.82 Å². The molecule has 1 aromatic heterocycles. The van der Waals surface area contributed by atoms with Crippen LogP contribution in [0.15, 0.2) is 60.3 Å². The standard InChI is InChI=1S/C29H34FN3O2S/c1-20(32-36(34)28(2,3)4)26-8-6-5-7-21(26)13-15-29-18-22-19-31-33(25-11-9-24(30)10-12-25)27(22)17-23(29)14-16-35-29/h5-12,17,19-20,32H,13-16,18H2,1-4H3/t20-,29-,36?/m1/s1. The minimum absolute atomic E-state index is 0.0230. The van der Waals surface area contributed by atoms with Gasteiger partial charge in [0, 0.05) is 18.0 Å². The van der Waals surface area contributed by atoms with Crippen LogP contribution in [0.5, 0.6) is 0 Å². The van der Waals surface area contributed by atoms with Gasteiger partial charge in [0.05, 0.1) is 45.5 Å². The smallest absolute Gasteiger partial charge is 0.123 e. The lowest BCUT2D eigenvalue weighted by Gasteiger charge is -2.34. The average Bonchev–Trinajstić information content (AvgIpc) is 3.44. The largest absolute Gasteiger partial charge is 0.370 e. The lowest BCUT2D eigenvalue weighted by molar-refractivity contribution is 0.0175. The predicted molar refractivity (Wildman–Crippen MR) is 143 cm³/mol. The number of halogens is 1. The van der Waals surface area contributed by atoms with Crippen molar-refractivity contribution in [1.29, 1.82) is 0 Å². The SMILES string of the molecule is C[C@@H](NS(=O)C(C)(C)C)c1ccccc1CC[C@@]12Cc3cnn(-c4ccc(F)cc4)c3C=C1CCO2. The lowest BCUT2D eigenvalue weighted by atomic mass is 9.78. The molecule has 190 valence electrons. The summed E-state index contributed by atoms with van der Waals surface area (Å²) < 4.78 is 37.4. The molecule has 1 aliphatic carbocycles. The van der Waals surface area contributed by atoms with Gasteiger partial charge in [-0.2, -0.15) is 5.10 Å². The molecular formula is C29H34FN3O2S. The van der Waals surface area contributed by atoms with Crippen molar-refractivity contribution in [2.45, 2.75) is 69.8 Å². The van der Waals surface area contributed by atoms with Crippen LogP contribution in [-0.4, -0.2) is 30.9 Å². The number of ether oxygens (including phenoxy) is 1. The fourth-order valence-electron chi connectivity index (χ4n) is 5.23. The average molecular weight is 508 g/mol. The number of nitrogens with zero attached hydrogens (tertiary/aromatic N) is 2. The lowest BCUT2D eigenvalue weighted by Crippen LogP contribution is -2.36. The van der Waals surface area contributed by atoms with Crippen LogP contribution in [0.25, 0.3) is 11.8 Å². The van der Waals surface area contributed by atoms with Crippen LogP contribution in [0.3, 0.4) is 0 Å². The van der Waals surface area contributed by atoms with Crippen LogP contribution in [0.4, 0.5) is 4.39 Å². The second-order valence-corrected chi connectivity index (χ2v) is 12.8. The van der Waals surface area contributed by atoms with E-state index in [-0.39, 0.29) is 22.2 Å². The van der Waals surface area contributed by atoms with E-state index in [9.17, 15) is 8.60 Å². The maximum Gasteiger partial charge on any atom is 0.123 e. The van der Waals surface area contributed by atoms with Gasteiger partial charge in [0.1, 0.15) is 5.82 Å². The van der Waals surface area contributed by atoms with Crippen molar-refractivity contribution < 1.29 is 13.3 Å². The zero-order chi connectivity index (χ0) is 25.5. The Morgan fingerprint density at radius 3 is 2.69 bits per heavy atom. The predicted octanol–water partition coefficient (Wildman–Crippen LogP) is 5.86. The molecule has 0 amide bonds. The van der Waals surface area contributed by atoms with Crippen molar-refractivity contribution in [2.75, 3.05) is 6.61 Å². The van der Waals surface area contributed by atoms with E-state index in [1.807, 2.05) is 37.7 Å². The van der Waals surface area contributed by atoms with E-state index in [4.69, 9.17) is 4.74 Å². The molecule has 1 N–H and O–H groups in total. The second kappa shape index (κ2) is 9.69. The first-order chi connectivity index (χ1) is 17.2. The molecule has 2 aromatic carbocycles. The first kappa shape index (κ1) is 25.1. The van der Waals surface area contributed by atoms with Crippen molar-refractivity contribution in [3.05, 3.63) is 88.5 Å². The van der Waals surface area contributed by atoms with Crippen LogP contribution in [0.2, 0.25) is 0 Å². The number of aryl methyl sites for hydroxylation is 1. The summed E-state index contributed by atoms with van der Waals surface area (Å²) in [5, 5.41) is 4.62. The Hall–Kier alpha value is -2.61. The van der Waals surface area contributed by atoms with Gasteiger partial charge >= 0.3 is 0 Å². The Morgan fingerprint density at radius 1 is 1.19 bits per heavy atom. The molecule has 5 rings (SSSR count). The van der Waals surface area contributed by atoms with E-state index in [0.717, 1.165) is 42.6 Å². The maximum atomic E-state index is 13.4. The Morgan fingerprint density at radius 2 is 1.94 bits per heavy atom. The molecule has 0 spiro atoms. The molecule has 0 saturated carbocycles. The third kappa shape index (κ3) is 4.84. The summed E-state index contributed by atoms with van der Waals surface area (Å²) in [7, 11) is -1.14. The number of benzene rings is 2. The Kier molecular flexibility index (Phi) is 6.74. The Labute approximate surface area is 215 Å². The van der Waals surface area contributed by atoms with Gasteiger partial charge in [0.15, 0.2) is 0 Å². The molecular weight excluding hydrogens is 473 g/mol. The maximum absolute atomic E-state index is 13.4. The number of fused-ring (bicyclic) bond motifs is 2. The molecule has 2 aliphatic rings. The molecule has 1 unspecified atom stereocenters. The van der Waals surface area contributed by atoms with E-state index in [1.54, 1.807) is 12.1 Å². The summed E-state index contributed by atoms with van der Waals surface area (Å²) in [6.45, 7) is 8.73. The first-order valence-electron chi connectivity index (χ1n) is 12.6. The molecule has 1 saturated heterocycles. The van der Waals surface area contributed by atoms with Crippen molar-refractivity contribution in [2.24, 2.45) is 0 Å². The molecule has 1 fully saturated rings. The summed E-state index contributed by atoms with van der Waals surface area (Å²) in [5.41, 5.74) is 6.45. The topological polar surface area (TPSA) is 56.2 Å². The highest BCUT2D eigenvalue weighted by atomic mass is 32.2. The number of rotatable bonds is 7. The van der Waals surface area contributed by atoms with Crippen LogP contribution in [-0.2, 0) is 28.6 Å². The molecule has 2 heterocycles. The third-order valence-electron chi connectivity index (χ3n) is 7.24. The van der Waals surface area contributed by atoms with Gasteiger partial charge in [-0.3, -0.25) is 0 Å². The Balaban J connectivity index is 1.37. The van der Waals surface area contributed by atoms with E-state index < -0.39 is 11.0 Å². The van der Waals surface area contributed by atoms with Crippen molar-refractivity contribution in [3.63, 3.8) is 0 Å². The van der Waals surface area contributed by atoms with E-state index in [1.165, 1.54) is 28.8 Å². The number of hydrogen-bond acceptors (Lipinski definition) is 3. The van der Waals surface area contributed by atoms with E-state index in [0.29, 0.717) is 6.61 Å². The minimum Gasteiger partial charge on any atom is -0.370 e. The molecule has 3 atom stereocenters. The van der Waals surface area contributed by atoms with Gasteiger partial charge in [-0.25, -0.2) is 18.0 Å². The third-order valence-corrected chi connectivity index (χ3v) is 8.92. The summed E-state index contributed by atoms with van der Waals surface area (Å²) in [6.07, 6.45) is 7.55. The number of hydrogen-bond donors (Lipinski definition) is 1. The minimum atomic E-state index is -1.14.